The minimum atomic E-state index is -4.75. The third-order valence-corrected chi connectivity index (χ3v) is 7.70. The van der Waals surface area contributed by atoms with Gasteiger partial charge in [-0.15, -0.1) is 13.2 Å². The van der Waals surface area contributed by atoms with Crippen LogP contribution in [0.5, 0.6) is 5.75 Å². The Morgan fingerprint density at radius 3 is 2.47 bits per heavy atom. The van der Waals surface area contributed by atoms with E-state index in [1.54, 1.807) is 22.9 Å². The summed E-state index contributed by atoms with van der Waals surface area (Å²) in [6, 6.07) is 18.5. The van der Waals surface area contributed by atoms with E-state index in [9.17, 15) is 18.0 Å². The highest BCUT2D eigenvalue weighted by Crippen LogP contribution is 2.30. The summed E-state index contributed by atoms with van der Waals surface area (Å²) in [6.07, 6.45) is 1.48. The van der Waals surface area contributed by atoms with Gasteiger partial charge < -0.3 is 18.7 Å². The number of benzene rings is 2. The summed E-state index contributed by atoms with van der Waals surface area (Å²) in [5.74, 6) is 0.0656. The maximum atomic E-state index is 12.6. The molecule has 198 valence electrons. The lowest BCUT2D eigenvalue weighted by Gasteiger charge is -2.33. The Morgan fingerprint density at radius 2 is 1.76 bits per heavy atom. The molecule has 3 heterocycles. The van der Waals surface area contributed by atoms with Crippen LogP contribution in [0.3, 0.4) is 0 Å². The molecule has 10 heteroatoms. The van der Waals surface area contributed by atoms with Gasteiger partial charge >= 0.3 is 6.36 Å². The number of halogens is 3. The summed E-state index contributed by atoms with van der Waals surface area (Å²) in [7, 11) is 0. The highest BCUT2D eigenvalue weighted by atomic mass is 32.2. The monoisotopic (exact) mass is 541 g/mol. The first-order valence-corrected chi connectivity index (χ1v) is 13.5. The van der Waals surface area contributed by atoms with Gasteiger partial charge in [-0.2, -0.15) is 11.8 Å². The molecule has 2 aromatic heterocycles. The SMILES string of the molecule is CSC1CCN(c2cccc(Cn3cc(-c4cc(-c5ccc(OC(F)(F)F)cc5)on4)ccc3=O)c2)CC1. The molecule has 0 aliphatic carbocycles. The number of hydrogen-bond donors (Lipinski definition) is 0. The van der Waals surface area contributed by atoms with Gasteiger partial charge in [0.15, 0.2) is 5.76 Å². The summed E-state index contributed by atoms with van der Waals surface area (Å²) < 4.78 is 48.2. The number of ether oxygens (including phenoxy) is 1. The Kier molecular flexibility index (Phi) is 7.51. The van der Waals surface area contributed by atoms with Crippen molar-refractivity contribution in [2.75, 3.05) is 24.2 Å². The van der Waals surface area contributed by atoms with Gasteiger partial charge in [-0.25, -0.2) is 0 Å². The standard InChI is InChI=1S/C28H26F3N3O3S/c1-38-24-11-13-33(14-12-24)22-4-2-3-19(15-22)17-34-18-21(7-10-27(34)35)25-16-26(37-32-25)20-5-8-23(9-6-20)36-28(29,30)31/h2-10,15-16,18,24H,11-14,17H2,1H3. The van der Waals surface area contributed by atoms with Crippen molar-refractivity contribution >= 4 is 17.4 Å². The fourth-order valence-corrected chi connectivity index (χ4v) is 5.25. The second kappa shape index (κ2) is 11.0. The Bertz CT molecular complexity index is 1440. The van der Waals surface area contributed by atoms with Crippen LogP contribution in [0.2, 0.25) is 0 Å². The van der Waals surface area contributed by atoms with Gasteiger partial charge in [-0.05, 0) is 67.1 Å². The van der Waals surface area contributed by atoms with Gasteiger partial charge in [0, 0.05) is 53.5 Å². The van der Waals surface area contributed by atoms with Crippen molar-refractivity contribution in [1.82, 2.24) is 9.72 Å². The number of hydrogen-bond acceptors (Lipinski definition) is 6. The van der Waals surface area contributed by atoms with E-state index in [1.165, 1.54) is 36.0 Å². The van der Waals surface area contributed by atoms with E-state index in [4.69, 9.17) is 4.52 Å². The molecule has 38 heavy (non-hydrogen) atoms. The highest BCUT2D eigenvalue weighted by molar-refractivity contribution is 7.99. The van der Waals surface area contributed by atoms with Crippen LogP contribution >= 0.6 is 11.8 Å². The van der Waals surface area contributed by atoms with Crippen molar-refractivity contribution in [2.24, 2.45) is 0 Å². The van der Waals surface area contributed by atoms with Crippen LogP contribution in [0, 0.1) is 0 Å². The topological polar surface area (TPSA) is 60.5 Å². The predicted molar refractivity (Wildman–Crippen MR) is 143 cm³/mol. The zero-order chi connectivity index (χ0) is 26.7. The van der Waals surface area contributed by atoms with Gasteiger partial charge in [0.2, 0.25) is 0 Å². The second-order valence-corrected chi connectivity index (χ2v) is 10.3. The molecule has 0 N–H and O–H groups in total. The number of pyridine rings is 1. The molecule has 2 aromatic carbocycles. The zero-order valence-corrected chi connectivity index (χ0v) is 21.5. The molecule has 6 nitrogen and oxygen atoms in total. The third-order valence-electron chi connectivity index (χ3n) is 6.57. The Balaban J connectivity index is 1.31. The molecule has 0 spiro atoms. The Hall–Kier alpha value is -3.66. The summed E-state index contributed by atoms with van der Waals surface area (Å²) >= 11 is 1.93. The van der Waals surface area contributed by atoms with Crippen molar-refractivity contribution < 1.29 is 22.4 Å². The van der Waals surface area contributed by atoms with E-state index < -0.39 is 6.36 Å². The molecule has 1 aliphatic rings. The lowest BCUT2D eigenvalue weighted by molar-refractivity contribution is -0.274. The average molecular weight is 542 g/mol. The maximum Gasteiger partial charge on any atom is 0.573 e. The first-order valence-electron chi connectivity index (χ1n) is 12.2. The highest BCUT2D eigenvalue weighted by Gasteiger charge is 2.31. The Morgan fingerprint density at radius 1 is 1.03 bits per heavy atom. The number of thioether (sulfide) groups is 1. The van der Waals surface area contributed by atoms with Crippen LogP contribution < -0.4 is 15.2 Å². The summed E-state index contributed by atoms with van der Waals surface area (Å²) in [6.45, 7) is 2.46. The van der Waals surface area contributed by atoms with Crippen LogP contribution in [0.25, 0.3) is 22.6 Å². The normalized spacial score (nSPS) is 14.6. The number of rotatable bonds is 7. The molecule has 1 aliphatic heterocycles. The number of anilines is 1. The molecule has 0 saturated carbocycles. The molecule has 5 rings (SSSR count). The van der Waals surface area contributed by atoms with Gasteiger partial charge in [-0.3, -0.25) is 4.79 Å². The number of piperidine rings is 1. The minimum absolute atomic E-state index is 0.135. The summed E-state index contributed by atoms with van der Waals surface area (Å²) in [5, 5.41) is 4.82. The van der Waals surface area contributed by atoms with E-state index in [-0.39, 0.29) is 11.3 Å². The smallest absolute Gasteiger partial charge is 0.406 e. The van der Waals surface area contributed by atoms with E-state index in [0.717, 1.165) is 36.7 Å². The van der Waals surface area contributed by atoms with Crippen LogP contribution in [-0.2, 0) is 6.54 Å². The molecule has 1 saturated heterocycles. The molecule has 1 fully saturated rings. The van der Waals surface area contributed by atoms with Crippen LogP contribution in [0.4, 0.5) is 18.9 Å². The molecule has 0 amide bonds. The van der Waals surface area contributed by atoms with Crippen molar-refractivity contribution in [3.05, 3.63) is 88.8 Å². The van der Waals surface area contributed by atoms with E-state index >= 15 is 0 Å². The molecule has 0 unspecified atom stereocenters. The minimum Gasteiger partial charge on any atom is -0.406 e. The first-order chi connectivity index (χ1) is 18.3. The van der Waals surface area contributed by atoms with Crippen molar-refractivity contribution in [2.45, 2.75) is 31.0 Å². The van der Waals surface area contributed by atoms with Crippen LogP contribution in [0.1, 0.15) is 18.4 Å². The molecule has 0 bridgehead atoms. The largest absolute Gasteiger partial charge is 0.573 e. The van der Waals surface area contributed by atoms with E-state index in [0.29, 0.717) is 29.1 Å². The van der Waals surface area contributed by atoms with Gasteiger partial charge in [-0.1, -0.05) is 17.3 Å². The summed E-state index contributed by atoms with van der Waals surface area (Å²) in [5.41, 5.74) is 3.80. The van der Waals surface area contributed by atoms with Crippen molar-refractivity contribution in [1.29, 1.82) is 0 Å². The predicted octanol–water partition coefficient (Wildman–Crippen LogP) is 6.45. The van der Waals surface area contributed by atoms with Crippen LogP contribution in [-0.4, -0.2) is 40.7 Å². The molecular weight excluding hydrogens is 515 g/mol. The van der Waals surface area contributed by atoms with Gasteiger partial charge in [0.1, 0.15) is 11.4 Å². The lowest BCUT2D eigenvalue weighted by Crippen LogP contribution is -2.34. The van der Waals surface area contributed by atoms with Crippen LogP contribution in [0.15, 0.2) is 82.2 Å². The maximum absolute atomic E-state index is 12.6. The quantitative estimate of drug-likeness (QED) is 0.268. The average Bonchev–Trinajstić information content (AvgIpc) is 3.40. The van der Waals surface area contributed by atoms with Crippen molar-refractivity contribution in [3.63, 3.8) is 0 Å². The fourth-order valence-electron chi connectivity index (χ4n) is 4.57. The zero-order valence-electron chi connectivity index (χ0n) is 20.6. The van der Waals surface area contributed by atoms with Gasteiger partial charge in [0.25, 0.3) is 5.56 Å². The Labute approximate surface area is 222 Å². The molecule has 0 radical (unpaired) electrons. The first kappa shape index (κ1) is 26.0. The van der Waals surface area contributed by atoms with Crippen molar-refractivity contribution in [3.8, 4) is 28.3 Å². The molecule has 0 atom stereocenters. The van der Waals surface area contributed by atoms with E-state index in [2.05, 4.69) is 33.2 Å². The fraction of sp³-hybridized carbons (Fsp3) is 0.286. The lowest BCUT2D eigenvalue weighted by atomic mass is 10.1. The third kappa shape index (κ3) is 6.24. The summed E-state index contributed by atoms with van der Waals surface area (Å²) in [4.78, 5) is 15.0. The molecule has 4 aromatic rings. The number of nitrogens with zero attached hydrogens (tertiary/aromatic N) is 3. The second-order valence-electron chi connectivity index (χ2n) is 9.12. The van der Waals surface area contributed by atoms with E-state index in [1.807, 2.05) is 23.9 Å². The number of aromatic nitrogens is 2. The van der Waals surface area contributed by atoms with Gasteiger partial charge in [0.05, 0.1) is 6.54 Å². The molecular formula is C28H26F3N3O3S. The number of alkyl halides is 3.